The van der Waals surface area contributed by atoms with Crippen LogP contribution in [0.1, 0.15) is 37.9 Å². The van der Waals surface area contributed by atoms with Crippen molar-refractivity contribution >= 4 is 6.09 Å². The predicted molar refractivity (Wildman–Crippen MR) is 88.3 cm³/mol. The summed E-state index contributed by atoms with van der Waals surface area (Å²) in [6, 6.07) is 1.04. The van der Waals surface area contributed by atoms with Crippen LogP contribution >= 0.6 is 0 Å². The molecule has 0 bridgehead atoms. The van der Waals surface area contributed by atoms with Gasteiger partial charge in [-0.25, -0.2) is 14.8 Å². The highest BCUT2D eigenvalue weighted by atomic mass is 19.4. The maximum Gasteiger partial charge on any atom is 0.451 e. The van der Waals surface area contributed by atoms with Crippen molar-refractivity contribution in [3.8, 4) is 11.1 Å². The molecule has 0 spiro atoms. The average Bonchev–Trinajstić information content (AvgIpc) is 2.57. The molecule has 0 saturated heterocycles. The van der Waals surface area contributed by atoms with Crippen LogP contribution in [0.5, 0.6) is 0 Å². The van der Waals surface area contributed by atoms with Crippen LogP contribution < -0.4 is 5.32 Å². The van der Waals surface area contributed by atoms with Crippen LogP contribution in [0.4, 0.5) is 31.1 Å². The zero-order chi connectivity index (χ0) is 22.0. The van der Waals surface area contributed by atoms with Crippen molar-refractivity contribution < 1.29 is 35.9 Å². The van der Waals surface area contributed by atoms with Crippen LogP contribution in [0.25, 0.3) is 11.1 Å². The van der Waals surface area contributed by atoms with Crippen molar-refractivity contribution in [1.29, 1.82) is 0 Å². The van der Waals surface area contributed by atoms with Crippen LogP contribution in [0.3, 0.4) is 0 Å². The van der Waals surface area contributed by atoms with Gasteiger partial charge in [-0.2, -0.15) is 26.3 Å². The number of nitrogens with one attached hydrogen (secondary N) is 1. The third-order valence-corrected chi connectivity index (χ3v) is 3.26. The molecule has 1 amide bonds. The molecule has 2 rings (SSSR count). The Labute approximate surface area is 161 Å². The number of carbonyl (C=O) groups is 1. The fraction of sp³-hybridized carbons (Fsp3) is 0.412. The summed E-state index contributed by atoms with van der Waals surface area (Å²) in [7, 11) is 0. The second-order valence-electron chi connectivity index (χ2n) is 6.89. The number of rotatable bonds is 3. The molecule has 158 valence electrons. The lowest BCUT2D eigenvalue weighted by atomic mass is 10.0. The van der Waals surface area contributed by atoms with E-state index in [2.05, 4.69) is 20.3 Å². The lowest BCUT2D eigenvalue weighted by Gasteiger charge is -2.20. The third-order valence-electron chi connectivity index (χ3n) is 3.26. The van der Waals surface area contributed by atoms with E-state index in [-0.39, 0.29) is 17.7 Å². The Morgan fingerprint density at radius 2 is 1.55 bits per heavy atom. The zero-order valence-electron chi connectivity index (χ0n) is 15.4. The highest BCUT2D eigenvalue weighted by Gasteiger charge is 2.37. The minimum atomic E-state index is -4.87. The highest BCUT2D eigenvalue weighted by Crippen LogP contribution is 2.36. The fourth-order valence-corrected chi connectivity index (χ4v) is 2.15. The number of alkyl carbamates (subject to hydrolysis) is 1. The van der Waals surface area contributed by atoms with Crippen LogP contribution in [0.2, 0.25) is 0 Å². The largest absolute Gasteiger partial charge is 0.451 e. The third kappa shape index (κ3) is 6.29. The number of carbonyl (C=O) groups excluding carboxylic acids is 1. The number of hydrogen-bond acceptors (Lipinski definition) is 5. The van der Waals surface area contributed by atoms with Crippen LogP contribution in [-0.2, 0) is 23.6 Å². The molecule has 0 aliphatic heterocycles. The zero-order valence-corrected chi connectivity index (χ0v) is 15.4. The summed E-state index contributed by atoms with van der Waals surface area (Å²) in [5.74, 6) is -1.48. The van der Waals surface area contributed by atoms with Crippen molar-refractivity contribution in [2.24, 2.45) is 0 Å². The Morgan fingerprint density at radius 3 is 2.03 bits per heavy atom. The molecular formula is C17H16F6N4O2. The predicted octanol–water partition coefficient (Wildman–Crippen LogP) is 4.60. The van der Waals surface area contributed by atoms with Gasteiger partial charge in [-0.15, -0.1) is 0 Å². The number of pyridine rings is 1. The van der Waals surface area contributed by atoms with E-state index >= 15 is 0 Å². The van der Waals surface area contributed by atoms with Crippen LogP contribution in [-0.4, -0.2) is 26.6 Å². The SMILES string of the molecule is CC(C)(C)OC(=O)NCc1cnc(C(F)(F)F)c(-c2cnc(C(F)(F)F)nc2)c1. The normalized spacial score (nSPS) is 12.6. The number of amides is 1. The van der Waals surface area contributed by atoms with Gasteiger partial charge in [-0.1, -0.05) is 0 Å². The first-order chi connectivity index (χ1) is 13.2. The van der Waals surface area contributed by atoms with Gasteiger partial charge in [0.1, 0.15) is 5.60 Å². The Balaban J connectivity index is 2.34. The molecule has 1 N–H and O–H groups in total. The summed E-state index contributed by atoms with van der Waals surface area (Å²) in [5.41, 5.74) is -2.75. The molecule has 2 heterocycles. The molecule has 29 heavy (non-hydrogen) atoms. The average molecular weight is 422 g/mol. The molecule has 0 aliphatic rings. The number of hydrogen-bond donors (Lipinski definition) is 1. The van der Waals surface area contributed by atoms with Gasteiger partial charge in [-0.3, -0.25) is 4.98 Å². The first-order valence-electron chi connectivity index (χ1n) is 8.09. The lowest BCUT2D eigenvalue weighted by molar-refractivity contribution is -0.145. The molecule has 0 aliphatic carbocycles. The topological polar surface area (TPSA) is 77.0 Å². The van der Waals surface area contributed by atoms with E-state index in [1.165, 1.54) is 0 Å². The summed E-state index contributed by atoms with van der Waals surface area (Å²) >= 11 is 0. The number of halogens is 6. The Hall–Kier alpha value is -2.92. The number of ether oxygens (including phenoxy) is 1. The van der Waals surface area contributed by atoms with Crippen molar-refractivity contribution in [2.45, 2.75) is 45.3 Å². The van der Waals surface area contributed by atoms with Gasteiger partial charge in [0.25, 0.3) is 0 Å². The van der Waals surface area contributed by atoms with Crippen LogP contribution in [0.15, 0.2) is 24.7 Å². The molecule has 12 heteroatoms. The van der Waals surface area contributed by atoms with Gasteiger partial charge in [0.05, 0.1) is 0 Å². The number of nitrogens with zero attached hydrogens (tertiary/aromatic N) is 3. The molecule has 0 saturated carbocycles. The number of aromatic nitrogens is 3. The summed E-state index contributed by atoms with van der Waals surface area (Å²) in [6.45, 7) is 4.69. The van der Waals surface area contributed by atoms with Gasteiger partial charge in [0, 0.05) is 36.3 Å². The van der Waals surface area contributed by atoms with Gasteiger partial charge in [-0.05, 0) is 32.4 Å². The maximum absolute atomic E-state index is 13.3. The Bertz CT molecular complexity index is 873. The molecule has 6 nitrogen and oxygen atoms in total. The lowest BCUT2D eigenvalue weighted by Crippen LogP contribution is -2.32. The monoisotopic (exact) mass is 422 g/mol. The second-order valence-corrected chi connectivity index (χ2v) is 6.89. The Morgan fingerprint density at radius 1 is 0.966 bits per heavy atom. The molecule has 0 atom stereocenters. The molecule has 0 aromatic carbocycles. The van der Waals surface area contributed by atoms with Crippen molar-refractivity contribution in [1.82, 2.24) is 20.3 Å². The summed E-state index contributed by atoms with van der Waals surface area (Å²) in [6.07, 6.45) is -8.33. The summed E-state index contributed by atoms with van der Waals surface area (Å²) in [5, 5.41) is 2.36. The van der Waals surface area contributed by atoms with Gasteiger partial charge in [0.15, 0.2) is 5.69 Å². The minimum Gasteiger partial charge on any atom is -0.444 e. The summed E-state index contributed by atoms with van der Waals surface area (Å²) < 4.78 is 82.5. The van der Waals surface area contributed by atoms with E-state index in [0.717, 1.165) is 12.3 Å². The van der Waals surface area contributed by atoms with Crippen LogP contribution in [0, 0.1) is 0 Å². The van der Waals surface area contributed by atoms with E-state index in [9.17, 15) is 31.1 Å². The molecule has 2 aromatic heterocycles. The van der Waals surface area contributed by atoms with E-state index in [0.29, 0.717) is 12.4 Å². The molecule has 0 unspecified atom stereocenters. The minimum absolute atomic E-state index is 0.166. The molecular weight excluding hydrogens is 406 g/mol. The first kappa shape index (κ1) is 22.4. The van der Waals surface area contributed by atoms with E-state index in [1.807, 2.05) is 0 Å². The number of alkyl halides is 6. The molecule has 0 radical (unpaired) electrons. The van der Waals surface area contributed by atoms with Crippen molar-refractivity contribution in [3.63, 3.8) is 0 Å². The molecule has 0 fully saturated rings. The van der Waals surface area contributed by atoms with Crippen molar-refractivity contribution in [3.05, 3.63) is 41.7 Å². The summed E-state index contributed by atoms with van der Waals surface area (Å²) in [4.78, 5) is 21.2. The first-order valence-corrected chi connectivity index (χ1v) is 8.09. The molecule has 2 aromatic rings. The Kier molecular flexibility index (Phi) is 6.04. The van der Waals surface area contributed by atoms with Gasteiger partial charge >= 0.3 is 18.4 Å². The fourth-order valence-electron chi connectivity index (χ4n) is 2.15. The van der Waals surface area contributed by atoms with E-state index < -0.39 is 41.1 Å². The van der Waals surface area contributed by atoms with Gasteiger partial charge in [0.2, 0.25) is 5.82 Å². The van der Waals surface area contributed by atoms with E-state index in [1.54, 1.807) is 20.8 Å². The smallest absolute Gasteiger partial charge is 0.444 e. The highest BCUT2D eigenvalue weighted by molar-refractivity contribution is 5.68. The second kappa shape index (κ2) is 7.84. The quantitative estimate of drug-likeness (QED) is 0.732. The maximum atomic E-state index is 13.3. The van der Waals surface area contributed by atoms with Crippen molar-refractivity contribution in [2.75, 3.05) is 0 Å². The van der Waals surface area contributed by atoms with E-state index in [4.69, 9.17) is 4.74 Å². The van der Waals surface area contributed by atoms with Gasteiger partial charge < -0.3 is 10.1 Å². The standard InChI is InChI=1S/C17H16F6N4O2/c1-15(2,3)29-14(28)27-6-9-4-11(12(24-5-9)16(18,19)20)10-7-25-13(26-8-10)17(21,22)23/h4-5,7-8H,6H2,1-3H3,(H,27,28).